The van der Waals surface area contributed by atoms with Gasteiger partial charge in [0.15, 0.2) is 0 Å². The molecule has 158 valence electrons. The van der Waals surface area contributed by atoms with Crippen molar-refractivity contribution in [2.75, 3.05) is 32.1 Å². The summed E-state index contributed by atoms with van der Waals surface area (Å²) >= 11 is 0. The molecule has 1 fully saturated rings. The molecule has 1 aliphatic rings. The Balaban J connectivity index is 1.55. The van der Waals surface area contributed by atoms with Crippen LogP contribution < -0.4 is 10.2 Å². The highest BCUT2D eigenvalue weighted by Crippen LogP contribution is 2.36. The number of hydrogen-bond acceptors (Lipinski definition) is 3. The minimum atomic E-state index is 0.0134. The molecule has 0 aliphatic carbocycles. The summed E-state index contributed by atoms with van der Waals surface area (Å²) in [5.74, 6) is 1.43. The lowest BCUT2D eigenvalue weighted by atomic mass is 9.75. The fourth-order valence-electron chi connectivity index (χ4n) is 4.53. The Hall–Kier alpha value is -1.84. The molecule has 1 aliphatic heterocycles. The minimum absolute atomic E-state index is 0.0134. The first kappa shape index (κ1) is 21.9. The Kier molecular flexibility index (Phi) is 7.74. The fourth-order valence-corrected chi connectivity index (χ4v) is 4.53. The number of anilines is 1. The summed E-state index contributed by atoms with van der Waals surface area (Å²) in [5.41, 5.74) is 4.07. The van der Waals surface area contributed by atoms with Gasteiger partial charge in [-0.1, -0.05) is 42.5 Å². The maximum atomic E-state index is 5.99. The summed E-state index contributed by atoms with van der Waals surface area (Å²) in [6.07, 6.45) is 4.73. The predicted molar refractivity (Wildman–Crippen MR) is 123 cm³/mol. The summed E-state index contributed by atoms with van der Waals surface area (Å²) in [5, 5.41) is 3.68. The monoisotopic (exact) mass is 394 g/mol. The van der Waals surface area contributed by atoms with Crippen LogP contribution in [0.3, 0.4) is 0 Å². The van der Waals surface area contributed by atoms with Gasteiger partial charge in [-0.05, 0) is 81.2 Å². The predicted octanol–water partition coefficient (Wildman–Crippen LogP) is 5.30. The summed E-state index contributed by atoms with van der Waals surface area (Å²) in [6.45, 7) is 7.38. The Morgan fingerprint density at radius 3 is 2.41 bits per heavy atom. The van der Waals surface area contributed by atoms with Crippen molar-refractivity contribution in [3.05, 3.63) is 65.7 Å². The highest BCUT2D eigenvalue weighted by molar-refractivity contribution is 5.45. The van der Waals surface area contributed by atoms with Gasteiger partial charge in [0.1, 0.15) is 0 Å². The summed E-state index contributed by atoms with van der Waals surface area (Å²) in [7, 11) is 4.16. The molecular weight excluding hydrogens is 356 g/mol. The second kappa shape index (κ2) is 10.3. The second-order valence-corrected chi connectivity index (χ2v) is 9.34. The van der Waals surface area contributed by atoms with Crippen LogP contribution in [0, 0.1) is 11.8 Å². The molecule has 29 heavy (non-hydrogen) atoms. The molecule has 0 saturated carbocycles. The number of nitrogens with zero attached hydrogens (tertiary/aromatic N) is 1. The Morgan fingerprint density at radius 2 is 1.76 bits per heavy atom. The highest BCUT2D eigenvalue weighted by Gasteiger charge is 2.33. The molecule has 0 aromatic heterocycles. The fraction of sp³-hybridized carbons (Fsp3) is 0.538. The van der Waals surface area contributed by atoms with Crippen molar-refractivity contribution in [3.63, 3.8) is 0 Å². The number of nitrogens with one attached hydrogen (secondary N) is 1. The van der Waals surface area contributed by atoms with Gasteiger partial charge in [0.25, 0.3) is 0 Å². The van der Waals surface area contributed by atoms with Gasteiger partial charge >= 0.3 is 0 Å². The smallest absolute Gasteiger partial charge is 0.0629 e. The molecule has 3 heteroatoms. The lowest BCUT2D eigenvalue weighted by molar-refractivity contribution is -0.0830. The van der Waals surface area contributed by atoms with Gasteiger partial charge in [0.2, 0.25) is 0 Å². The van der Waals surface area contributed by atoms with Gasteiger partial charge < -0.3 is 15.0 Å². The van der Waals surface area contributed by atoms with Crippen LogP contribution in [0.15, 0.2) is 54.6 Å². The largest absolute Gasteiger partial charge is 0.378 e. The maximum absolute atomic E-state index is 5.99. The van der Waals surface area contributed by atoms with Crippen molar-refractivity contribution in [1.82, 2.24) is 5.32 Å². The molecule has 0 spiro atoms. The van der Waals surface area contributed by atoms with Crippen LogP contribution in [-0.4, -0.2) is 32.8 Å². The van der Waals surface area contributed by atoms with Crippen LogP contribution in [0.25, 0.3) is 0 Å². The van der Waals surface area contributed by atoms with Gasteiger partial charge in [-0.2, -0.15) is 0 Å². The third-order valence-corrected chi connectivity index (χ3v) is 6.22. The Labute approximate surface area is 177 Å². The van der Waals surface area contributed by atoms with Gasteiger partial charge in [-0.15, -0.1) is 0 Å². The molecular formula is C26H38N2O. The summed E-state index contributed by atoms with van der Waals surface area (Å²) in [4.78, 5) is 2.14. The van der Waals surface area contributed by atoms with E-state index in [9.17, 15) is 0 Å². The molecule has 1 N–H and O–H groups in total. The van der Waals surface area contributed by atoms with Crippen LogP contribution in [0.1, 0.15) is 44.2 Å². The zero-order valence-corrected chi connectivity index (χ0v) is 18.7. The number of benzene rings is 2. The van der Waals surface area contributed by atoms with Gasteiger partial charge in [0.05, 0.1) is 5.60 Å². The molecule has 2 aromatic carbocycles. The van der Waals surface area contributed by atoms with Crippen molar-refractivity contribution in [2.45, 2.75) is 51.7 Å². The van der Waals surface area contributed by atoms with E-state index in [1.807, 2.05) is 0 Å². The standard InChI is InChI=1S/C26H38N2O/c1-26(2)19-24(15-17-29-26)23(18-21-8-6-5-7-9-21)14-16-27-20-22-10-12-25(13-11-22)28(3)4/h5-13,23-24,27H,14-20H2,1-4H3/t23-,24+/m1/s1. The molecule has 2 atom stereocenters. The SMILES string of the molecule is CN(C)c1ccc(CNCC[C@H](Cc2ccccc2)[C@H]2CCOC(C)(C)C2)cc1. The first-order valence-electron chi connectivity index (χ1n) is 11.1. The molecule has 1 saturated heterocycles. The average molecular weight is 395 g/mol. The molecule has 1 heterocycles. The van der Waals surface area contributed by atoms with Crippen molar-refractivity contribution in [1.29, 1.82) is 0 Å². The first-order valence-corrected chi connectivity index (χ1v) is 11.1. The van der Waals surface area contributed by atoms with Crippen molar-refractivity contribution in [3.8, 4) is 0 Å². The van der Waals surface area contributed by atoms with Crippen molar-refractivity contribution < 1.29 is 4.74 Å². The molecule has 0 bridgehead atoms. The Morgan fingerprint density at radius 1 is 1.03 bits per heavy atom. The maximum Gasteiger partial charge on any atom is 0.0629 e. The number of hydrogen-bond donors (Lipinski definition) is 1. The lowest BCUT2D eigenvalue weighted by Crippen LogP contribution is -2.38. The molecule has 0 amide bonds. The zero-order chi connectivity index (χ0) is 20.7. The van der Waals surface area contributed by atoms with E-state index in [2.05, 4.69) is 92.8 Å². The van der Waals surface area contributed by atoms with Crippen LogP contribution in [0.4, 0.5) is 5.69 Å². The second-order valence-electron chi connectivity index (χ2n) is 9.34. The van der Waals surface area contributed by atoms with E-state index in [0.29, 0.717) is 5.92 Å². The van der Waals surface area contributed by atoms with Crippen molar-refractivity contribution in [2.24, 2.45) is 11.8 Å². The lowest BCUT2D eigenvalue weighted by Gasteiger charge is -2.39. The van der Waals surface area contributed by atoms with E-state index in [-0.39, 0.29) is 5.60 Å². The van der Waals surface area contributed by atoms with Crippen LogP contribution in [0.5, 0.6) is 0 Å². The van der Waals surface area contributed by atoms with E-state index >= 15 is 0 Å². The molecule has 3 rings (SSSR count). The minimum Gasteiger partial charge on any atom is -0.378 e. The summed E-state index contributed by atoms with van der Waals surface area (Å²) in [6, 6.07) is 19.8. The van der Waals surface area contributed by atoms with E-state index in [1.165, 1.54) is 36.1 Å². The van der Waals surface area contributed by atoms with E-state index in [0.717, 1.165) is 32.0 Å². The summed E-state index contributed by atoms with van der Waals surface area (Å²) < 4.78 is 5.99. The van der Waals surface area contributed by atoms with Crippen LogP contribution in [0.2, 0.25) is 0 Å². The molecule has 2 aromatic rings. The first-order chi connectivity index (χ1) is 13.9. The average Bonchev–Trinajstić information content (AvgIpc) is 2.70. The van der Waals surface area contributed by atoms with Crippen LogP contribution >= 0.6 is 0 Å². The van der Waals surface area contributed by atoms with Crippen LogP contribution in [-0.2, 0) is 17.7 Å². The molecule has 3 nitrogen and oxygen atoms in total. The topological polar surface area (TPSA) is 24.5 Å². The third-order valence-electron chi connectivity index (χ3n) is 6.22. The Bertz CT molecular complexity index is 724. The third kappa shape index (κ3) is 6.87. The van der Waals surface area contributed by atoms with Gasteiger partial charge in [-0.25, -0.2) is 0 Å². The quantitative estimate of drug-likeness (QED) is 0.584. The van der Waals surface area contributed by atoms with E-state index < -0.39 is 0 Å². The molecule has 0 radical (unpaired) electrons. The zero-order valence-electron chi connectivity index (χ0n) is 18.7. The van der Waals surface area contributed by atoms with E-state index in [1.54, 1.807) is 0 Å². The number of rotatable bonds is 9. The highest BCUT2D eigenvalue weighted by atomic mass is 16.5. The van der Waals surface area contributed by atoms with Gasteiger partial charge in [-0.3, -0.25) is 0 Å². The number of ether oxygens (including phenoxy) is 1. The van der Waals surface area contributed by atoms with E-state index in [4.69, 9.17) is 4.74 Å². The van der Waals surface area contributed by atoms with Crippen molar-refractivity contribution >= 4 is 5.69 Å². The normalized spacial score (nSPS) is 19.7. The molecule has 0 unspecified atom stereocenters. The van der Waals surface area contributed by atoms with Gasteiger partial charge in [0, 0.05) is 32.9 Å².